The molecule has 2 rings (SSSR count). The number of rotatable bonds is 1. The van der Waals surface area contributed by atoms with E-state index in [2.05, 4.69) is 9.89 Å². The third kappa shape index (κ3) is 1.76. The van der Waals surface area contributed by atoms with Crippen LogP contribution in [0.2, 0.25) is 0 Å². The zero-order valence-electron chi connectivity index (χ0n) is 6.70. The summed E-state index contributed by atoms with van der Waals surface area (Å²) in [4.78, 5) is 6.94. The number of hydrogen-bond acceptors (Lipinski definition) is 3. The molecule has 0 bridgehead atoms. The highest BCUT2D eigenvalue weighted by atomic mass is 32.2. The summed E-state index contributed by atoms with van der Waals surface area (Å²) in [5, 5.41) is 0. The Balaban J connectivity index is 1.87. The van der Waals surface area contributed by atoms with Gasteiger partial charge in [0.1, 0.15) is 6.17 Å². The summed E-state index contributed by atoms with van der Waals surface area (Å²) < 4.78 is 0. The van der Waals surface area contributed by atoms with Crippen molar-refractivity contribution in [2.75, 3.05) is 18.8 Å². The third-order valence-corrected chi connectivity index (χ3v) is 3.13. The predicted molar refractivity (Wildman–Crippen MR) is 50.2 cm³/mol. The molecule has 11 heavy (non-hydrogen) atoms. The fourth-order valence-electron chi connectivity index (χ4n) is 1.70. The largest absolute Gasteiger partial charge is 0.281 e. The molecule has 0 radical (unpaired) electrons. The first-order valence-electron chi connectivity index (χ1n) is 4.34. The van der Waals surface area contributed by atoms with Crippen LogP contribution >= 0.6 is 11.8 Å². The van der Waals surface area contributed by atoms with E-state index in [1.807, 2.05) is 17.3 Å². The van der Waals surface area contributed by atoms with Crippen molar-refractivity contribution in [3.05, 3.63) is 0 Å². The molecule has 0 aromatic rings. The zero-order chi connectivity index (χ0) is 7.52. The molecule has 2 aliphatic heterocycles. The quantitative estimate of drug-likeness (QED) is 0.593. The van der Waals surface area contributed by atoms with Crippen molar-refractivity contribution in [3.63, 3.8) is 0 Å². The molecule has 0 aliphatic carbocycles. The summed E-state index contributed by atoms with van der Waals surface area (Å²) >= 11 is 1.84. The van der Waals surface area contributed by atoms with Gasteiger partial charge in [0.25, 0.3) is 0 Å². The van der Waals surface area contributed by atoms with Crippen LogP contribution in [0.4, 0.5) is 0 Å². The molecule has 2 nitrogen and oxygen atoms in total. The van der Waals surface area contributed by atoms with Crippen molar-refractivity contribution in [1.82, 2.24) is 4.90 Å². The van der Waals surface area contributed by atoms with E-state index in [0.29, 0.717) is 6.17 Å². The van der Waals surface area contributed by atoms with Crippen LogP contribution in [0.1, 0.15) is 19.3 Å². The van der Waals surface area contributed by atoms with Crippen molar-refractivity contribution in [3.8, 4) is 0 Å². The average Bonchev–Trinajstić information content (AvgIpc) is 2.58. The first-order valence-corrected chi connectivity index (χ1v) is 5.39. The lowest BCUT2D eigenvalue weighted by Gasteiger charge is -2.29. The Morgan fingerprint density at radius 3 is 2.73 bits per heavy atom. The summed E-state index contributed by atoms with van der Waals surface area (Å²) in [5.74, 6) is 1.18. The first kappa shape index (κ1) is 7.62. The SMILES string of the molecule is C1=NC(N2CCCCC2)CS1. The van der Waals surface area contributed by atoms with Gasteiger partial charge in [-0.2, -0.15) is 0 Å². The van der Waals surface area contributed by atoms with E-state index in [1.165, 1.54) is 38.1 Å². The van der Waals surface area contributed by atoms with Crippen molar-refractivity contribution in [2.45, 2.75) is 25.4 Å². The maximum Gasteiger partial charge on any atom is 0.112 e. The number of likely N-dealkylation sites (tertiary alicyclic amines) is 1. The highest BCUT2D eigenvalue weighted by Crippen LogP contribution is 2.19. The minimum absolute atomic E-state index is 0.514. The molecule has 2 aliphatic rings. The van der Waals surface area contributed by atoms with Gasteiger partial charge in [-0.05, 0) is 12.8 Å². The van der Waals surface area contributed by atoms with E-state index in [4.69, 9.17) is 0 Å². The number of nitrogens with zero attached hydrogens (tertiary/aromatic N) is 2. The second-order valence-electron chi connectivity index (χ2n) is 3.17. The highest BCUT2D eigenvalue weighted by Gasteiger charge is 2.21. The number of aliphatic imine (C=N–C) groups is 1. The van der Waals surface area contributed by atoms with Gasteiger partial charge in [-0.3, -0.25) is 9.89 Å². The summed E-state index contributed by atoms with van der Waals surface area (Å²) in [6.07, 6.45) is 4.67. The first-order chi connectivity index (χ1) is 5.47. The maximum atomic E-state index is 4.42. The van der Waals surface area contributed by atoms with Crippen LogP contribution in [0.3, 0.4) is 0 Å². The van der Waals surface area contributed by atoms with Crippen LogP contribution < -0.4 is 0 Å². The Morgan fingerprint density at radius 1 is 1.27 bits per heavy atom. The summed E-state index contributed by atoms with van der Waals surface area (Å²) in [6.45, 7) is 2.53. The second-order valence-corrected chi connectivity index (χ2v) is 4.04. The Kier molecular flexibility index (Phi) is 2.48. The van der Waals surface area contributed by atoms with Crippen LogP contribution in [0.15, 0.2) is 4.99 Å². The molecule has 0 saturated carbocycles. The van der Waals surface area contributed by atoms with Gasteiger partial charge in [-0.1, -0.05) is 6.42 Å². The lowest BCUT2D eigenvalue weighted by atomic mass is 10.1. The smallest absolute Gasteiger partial charge is 0.112 e. The molecule has 0 N–H and O–H groups in total. The van der Waals surface area contributed by atoms with E-state index < -0.39 is 0 Å². The molecule has 0 amide bonds. The maximum absolute atomic E-state index is 4.42. The van der Waals surface area contributed by atoms with Gasteiger partial charge < -0.3 is 0 Å². The van der Waals surface area contributed by atoms with Gasteiger partial charge in [-0.15, -0.1) is 11.8 Å². The normalized spacial score (nSPS) is 32.9. The fraction of sp³-hybridized carbons (Fsp3) is 0.875. The Hall–Kier alpha value is -0.0200. The van der Waals surface area contributed by atoms with Gasteiger partial charge >= 0.3 is 0 Å². The second kappa shape index (κ2) is 3.59. The minimum Gasteiger partial charge on any atom is -0.281 e. The van der Waals surface area contributed by atoms with E-state index >= 15 is 0 Å². The Labute approximate surface area is 72.1 Å². The van der Waals surface area contributed by atoms with Gasteiger partial charge in [0.15, 0.2) is 0 Å². The fourth-order valence-corrected chi connectivity index (χ4v) is 2.48. The molecule has 0 aromatic heterocycles. The number of hydrogen-bond donors (Lipinski definition) is 0. The molecular weight excluding hydrogens is 156 g/mol. The molecule has 62 valence electrons. The molecule has 1 unspecified atom stereocenters. The molecule has 0 aromatic carbocycles. The van der Waals surface area contributed by atoms with E-state index in [0.717, 1.165) is 0 Å². The minimum atomic E-state index is 0.514. The molecular formula is C8H14N2S. The molecule has 1 fully saturated rings. The molecule has 0 spiro atoms. The van der Waals surface area contributed by atoms with Crippen LogP contribution in [-0.2, 0) is 0 Å². The van der Waals surface area contributed by atoms with Crippen LogP contribution in [-0.4, -0.2) is 35.5 Å². The van der Waals surface area contributed by atoms with Crippen molar-refractivity contribution in [1.29, 1.82) is 0 Å². The monoisotopic (exact) mass is 170 g/mol. The standard InChI is InChI=1S/C8H14N2S/c1-2-4-10(5-3-1)8-6-11-7-9-8/h7-8H,1-6H2. The van der Waals surface area contributed by atoms with Gasteiger partial charge in [0.05, 0.1) is 5.55 Å². The Morgan fingerprint density at radius 2 is 2.09 bits per heavy atom. The molecule has 1 saturated heterocycles. The van der Waals surface area contributed by atoms with Crippen molar-refractivity contribution in [2.24, 2.45) is 4.99 Å². The summed E-state index contributed by atoms with van der Waals surface area (Å²) in [5.41, 5.74) is 2.00. The van der Waals surface area contributed by atoms with Crippen LogP contribution in [0.25, 0.3) is 0 Å². The van der Waals surface area contributed by atoms with Crippen molar-refractivity contribution < 1.29 is 0 Å². The molecule has 3 heteroatoms. The lowest BCUT2D eigenvalue weighted by molar-refractivity contribution is 0.183. The summed E-state index contributed by atoms with van der Waals surface area (Å²) in [6, 6.07) is 0. The summed E-state index contributed by atoms with van der Waals surface area (Å²) in [7, 11) is 0. The average molecular weight is 170 g/mol. The van der Waals surface area contributed by atoms with Gasteiger partial charge in [0, 0.05) is 18.8 Å². The van der Waals surface area contributed by atoms with E-state index in [9.17, 15) is 0 Å². The zero-order valence-corrected chi connectivity index (χ0v) is 7.52. The highest BCUT2D eigenvalue weighted by molar-refractivity contribution is 8.12. The van der Waals surface area contributed by atoms with E-state index in [1.54, 1.807) is 0 Å². The van der Waals surface area contributed by atoms with Crippen molar-refractivity contribution >= 4 is 17.3 Å². The third-order valence-electron chi connectivity index (χ3n) is 2.36. The van der Waals surface area contributed by atoms with Gasteiger partial charge in [-0.25, -0.2) is 0 Å². The predicted octanol–water partition coefficient (Wildman–Crippen LogP) is 1.57. The van der Waals surface area contributed by atoms with E-state index in [-0.39, 0.29) is 0 Å². The Bertz CT molecular complexity index is 152. The topological polar surface area (TPSA) is 15.6 Å². The van der Waals surface area contributed by atoms with Gasteiger partial charge in [0.2, 0.25) is 0 Å². The number of thioether (sulfide) groups is 1. The number of piperidine rings is 1. The van der Waals surface area contributed by atoms with Crippen LogP contribution in [0, 0.1) is 0 Å². The molecule has 1 atom stereocenters. The molecule has 2 heterocycles. The lowest BCUT2D eigenvalue weighted by Crippen LogP contribution is -2.38. The van der Waals surface area contributed by atoms with Crippen LogP contribution in [0.5, 0.6) is 0 Å².